The predicted octanol–water partition coefficient (Wildman–Crippen LogP) is -0.689. The standard InChI is InChI=1S/C11H18N2O4S/c1-2-7-18(16,17)8-10(14)13-5-3-9(4-6-13)11(12)15/h2,9H,1,3-8H2,(H2,12,15). The van der Waals surface area contributed by atoms with Crippen molar-refractivity contribution in [2.75, 3.05) is 24.6 Å². The average molecular weight is 274 g/mol. The SMILES string of the molecule is C=CCS(=O)(=O)CC(=O)N1CCC(C(N)=O)CC1. The summed E-state index contributed by atoms with van der Waals surface area (Å²) in [5, 5.41) is 0. The van der Waals surface area contributed by atoms with E-state index in [1.54, 1.807) is 0 Å². The van der Waals surface area contributed by atoms with E-state index >= 15 is 0 Å². The third-order valence-corrected chi connectivity index (χ3v) is 4.40. The molecule has 6 nitrogen and oxygen atoms in total. The molecule has 1 rings (SSSR count). The van der Waals surface area contributed by atoms with Crippen molar-refractivity contribution >= 4 is 21.7 Å². The topological polar surface area (TPSA) is 97.5 Å². The molecule has 7 heteroatoms. The van der Waals surface area contributed by atoms with E-state index in [-0.39, 0.29) is 17.6 Å². The minimum atomic E-state index is -3.41. The Hall–Kier alpha value is -1.37. The molecule has 0 saturated carbocycles. The van der Waals surface area contributed by atoms with Gasteiger partial charge in [-0.1, -0.05) is 6.08 Å². The molecule has 0 spiro atoms. The van der Waals surface area contributed by atoms with E-state index in [0.29, 0.717) is 25.9 Å². The van der Waals surface area contributed by atoms with Crippen molar-refractivity contribution in [1.29, 1.82) is 0 Å². The Morgan fingerprint density at radius 1 is 1.33 bits per heavy atom. The molecule has 2 N–H and O–H groups in total. The van der Waals surface area contributed by atoms with Crippen LogP contribution in [0.15, 0.2) is 12.7 Å². The Morgan fingerprint density at radius 2 is 1.89 bits per heavy atom. The van der Waals surface area contributed by atoms with Gasteiger partial charge in [-0.25, -0.2) is 8.42 Å². The molecule has 1 heterocycles. The van der Waals surface area contributed by atoms with Gasteiger partial charge in [-0.2, -0.15) is 0 Å². The maximum absolute atomic E-state index is 11.8. The van der Waals surface area contributed by atoms with Crippen molar-refractivity contribution in [1.82, 2.24) is 4.90 Å². The molecule has 0 aromatic rings. The first-order valence-electron chi connectivity index (χ1n) is 5.74. The van der Waals surface area contributed by atoms with Gasteiger partial charge >= 0.3 is 0 Å². The van der Waals surface area contributed by atoms with Crippen molar-refractivity contribution in [3.8, 4) is 0 Å². The molecular weight excluding hydrogens is 256 g/mol. The number of sulfone groups is 1. The van der Waals surface area contributed by atoms with Crippen LogP contribution in [0.5, 0.6) is 0 Å². The van der Waals surface area contributed by atoms with Gasteiger partial charge in [-0.3, -0.25) is 9.59 Å². The second-order valence-corrected chi connectivity index (χ2v) is 6.51. The summed E-state index contributed by atoms with van der Waals surface area (Å²) in [5.74, 6) is -1.68. The fourth-order valence-corrected chi connectivity index (χ4v) is 2.97. The molecule has 1 fully saturated rings. The summed E-state index contributed by atoms with van der Waals surface area (Å²) in [6, 6.07) is 0. The second kappa shape index (κ2) is 5.99. The Labute approximate surface area is 107 Å². The minimum absolute atomic E-state index is 0.198. The number of nitrogens with zero attached hydrogens (tertiary/aromatic N) is 1. The summed E-state index contributed by atoms with van der Waals surface area (Å²) in [4.78, 5) is 24.2. The largest absolute Gasteiger partial charge is 0.369 e. The molecule has 1 aliphatic heterocycles. The first-order valence-corrected chi connectivity index (χ1v) is 7.56. The number of carbonyl (C=O) groups excluding carboxylic acids is 2. The molecule has 0 aliphatic carbocycles. The van der Waals surface area contributed by atoms with Crippen molar-refractivity contribution in [3.63, 3.8) is 0 Å². The fraction of sp³-hybridized carbons (Fsp3) is 0.636. The van der Waals surface area contributed by atoms with Crippen LogP contribution in [0.1, 0.15) is 12.8 Å². The van der Waals surface area contributed by atoms with Gasteiger partial charge in [0.05, 0.1) is 5.75 Å². The van der Waals surface area contributed by atoms with E-state index in [1.807, 2.05) is 0 Å². The van der Waals surface area contributed by atoms with E-state index in [0.717, 1.165) is 0 Å². The smallest absolute Gasteiger partial charge is 0.237 e. The molecule has 1 saturated heterocycles. The number of nitrogens with two attached hydrogens (primary N) is 1. The minimum Gasteiger partial charge on any atom is -0.369 e. The van der Waals surface area contributed by atoms with Gasteiger partial charge in [-0.05, 0) is 12.8 Å². The Balaban J connectivity index is 2.51. The van der Waals surface area contributed by atoms with Gasteiger partial charge in [0.2, 0.25) is 11.8 Å². The molecule has 0 aromatic heterocycles. The Kier molecular flexibility index (Phi) is 4.89. The zero-order valence-corrected chi connectivity index (χ0v) is 11.0. The number of amides is 2. The lowest BCUT2D eigenvalue weighted by atomic mass is 9.96. The van der Waals surface area contributed by atoms with Crippen molar-refractivity contribution < 1.29 is 18.0 Å². The molecule has 0 bridgehead atoms. The molecule has 0 unspecified atom stereocenters. The summed E-state index contributed by atoms with van der Waals surface area (Å²) in [7, 11) is -3.41. The number of likely N-dealkylation sites (tertiary alicyclic amines) is 1. The van der Waals surface area contributed by atoms with Gasteiger partial charge in [0.25, 0.3) is 0 Å². The molecule has 0 radical (unpaired) electrons. The number of piperidine rings is 1. The maximum Gasteiger partial charge on any atom is 0.237 e. The normalized spacial score (nSPS) is 17.4. The number of primary amides is 1. The molecule has 1 aliphatic rings. The number of hydrogen-bond acceptors (Lipinski definition) is 4. The van der Waals surface area contributed by atoms with Crippen molar-refractivity contribution in [2.24, 2.45) is 11.7 Å². The number of hydrogen-bond donors (Lipinski definition) is 1. The van der Waals surface area contributed by atoms with Gasteiger partial charge in [0, 0.05) is 19.0 Å². The van der Waals surface area contributed by atoms with E-state index in [1.165, 1.54) is 11.0 Å². The highest BCUT2D eigenvalue weighted by Gasteiger charge is 2.27. The summed E-state index contributed by atoms with van der Waals surface area (Å²) in [6.45, 7) is 4.11. The summed E-state index contributed by atoms with van der Waals surface area (Å²) >= 11 is 0. The lowest BCUT2D eigenvalue weighted by Gasteiger charge is -2.30. The Bertz CT molecular complexity index is 436. The van der Waals surface area contributed by atoms with Crippen molar-refractivity contribution in [3.05, 3.63) is 12.7 Å². The first kappa shape index (κ1) is 14.7. The highest BCUT2D eigenvalue weighted by Crippen LogP contribution is 2.16. The van der Waals surface area contributed by atoms with Crippen LogP contribution in [0.4, 0.5) is 0 Å². The lowest BCUT2D eigenvalue weighted by Crippen LogP contribution is -2.44. The maximum atomic E-state index is 11.8. The van der Waals surface area contributed by atoms with Crippen molar-refractivity contribution in [2.45, 2.75) is 12.8 Å². The molecular formula is C11H18N2O4S. The van der Waals surface area contributed by atoms with Gasteiger partial charge < -0.3 is 10.6 Å². The van der Waals surface area contributed by atoms with Crippen LogP contribution in [-0.2, 0) is 19.4 Å². The second-order valence-electron chi connectivity index (χ2n) is 4.40. The summed E-state index contributed by atoms with van der Waals surface area (Å²) in [6.07, 6.45) is 2.27. The van der Waals surface area contributed by atoms with Crippen LogP contribution in [0.3, 0.4) is 0 Å². The van der Waals surface area contributed by atoms with E-state index < -0.39 is 21.5 Å². The monoisotopic (exact) mass is 274 g/mol. The average Bonchev–Trinajstić information content (AvgIpc) is 2.28. The first-order chi connectivity index (χ1) is 8.35. The van der Waals surface area contributed by atoms with E-state index in [2.05, 4.69) is 6.58 Å². The zero-order chi connectivity index (χ0) is 13.8. The summed E-state index contributed by atoms with van der Waals surface area (Å²) < 4.78 is 22.9. The third-order valence-electron chi connectivity index (χ3n) is 2.97. The van der Waals surface area contributed by atoms with Crippen LogP contribution in [0.2, 0.25) is 0 Å². The molecule has 102 valence electrons. The third kappa shape index (κ3) is 4.14. The molecule has 0 atom stereocenters. The van der Waals surface area contributed by atoms with Gasteiger partial charge in [-0.15, -0.1) is 6.58 Å². The summed E-state index contributed by atoms with van der Waals surface area (Å²) in [5.41, 5.74) is 5.18. The lowest BCUT2D eigenvalue weighted by molar-refractivity contribution is -0.132. The zero-order valence-electron chi connectivity index (χ0n) is 10.2. The van der Waals surface area contributed by atoms with E-state index in [4.69, 9.17) is 5.73 Å². The highest BCUT2D eigenvalue weighted by atomic mass is 32.2. The molecule has 18 heavy (non-hydrogen) atoms. The molecule has 0 aromatic carbocycles. The Morgan fingerprint density at radius 3 is 2.33 bits per heavy atom. The van der Waals surface area contributed by atoms with Crippen LogP contribution in [-0.4, -0.2) is 49.7 Å². The van der Waals surface area contributed by atoms with E-state index in [9.17, 15) is 18.0 Å². The quantitative estimate of drug-likeness (QED) is 0.671. The van der Waals surface area contributed by atoms with Crippen LogP contribution >= 0.6 is 0 Å². The van der Waals surface area contributed by atoms with Crippen LogP contribution < -0.4 is 5.73 Å². The van der Waals surface area contributed by atoms with Gasteiger partial charge in [0.15, 0.2) is 9.84 Å². The number of rotatable bonds is 5. The highest BCUT2D eigenvalue weighted by molar-refractivity contribution is 7.92. The van der Waals surface area contributed by atoms with Gasteiger partial charge in [0.1, 0.15) is 5.75 Å². The fourth-order valence-electron chi connectivity index (χ4n) is 1.93. The molecule has 2 amide bonds. The van der Waals surface area contributed by atoms with Crippen LogP contribution in [0, 0.1) is 5.92 Å². The van der Waals surface area contributed by atoms with Crippen LogP contribution in [0.25, 0.3) is 0 Å². The number of carbonyl (C=O) groups is 2. The predicted molar refractivity (Wildman–Crippen MR) is 67.3 cm³/mol.